The number of ether oxygens (including phenoxy) is 2. The first-order valence-electron chi connectivity index (χ1n) is 9.42. The molecule has 2 N–H and O–H groups in total. The lowest BCUT2D eigenvalue weighted by molar-refractivity contribution is -0.140. The Labute approximate surface area is 180 Å². The molecule has 0 heterocycles. The molecule has 0 aromatic heterocycles. The van der Waals surface area contributed by atoms with Crippen molar-refractivity contribution in [2.45, 2.75) is 45.4 Å². The predicted molar refractivity (Wildman–Crippen MR) is 121 cm³/mol. The summed E-state index contributed by atoms with van der Waals surface area (Å²) >= 11 is 0. The molecule has 27 heavy (non-hydrogen) atoms. The average Bonchev–Trinajstić information content (AvgIpc) is 2.67. The fraction of sp³-hybridized carbons (Fsp3) is 0.600. The number of guanidine groups is 1. The Hall–Kier alpha value is -1.51. The van der Waals surface area contributed by atoms with Gasteiger partial charge in [0.25, 0.3) is 0 Å². The molecular formula is C20H34IN3O3. The van der Waals surface area contributed by atoms with Gasteiger partial charge in [-0.1, -0.05) is 31.0 Å². The lowest BCUT2D eigenvalue weighted by atomic mass is 10.1. The van der Waals surface area contributed by atoms with Crippen LogP contribution in [-0.4, -0.2) is 45.8 Å². The minimum absolute atomic E-state index is 0. The van der Waals surface area contributed by atoms with E-state index in [1.165, 1.54) is 12.7 Å². The summed E-state index contributed by atoms with van der Waals surface area (Å²) in [6, 6.07) is 8.07. The van der Waals surface area contributed by atoms with E-state index in [1.807, 2.05) is 18.2 Å². The maximum Gasteiger partial charge on any atom is 0.305 e. The zero-order chi connectivity index (χ0) is 19.0. The first kappa shape index (κ1) is 25.5. The zero-order valence-electron chi connectivity index (χ0n) is 16.8. The molecule has 0 amide bonds. The molecule has 0 bridgehead atoms. The molecule has 0 spiro atoms. The summed E-state index contributed by atoms with van der Waals surface area (Å²) in [7, 11) is 3.13. The summed E-state index contributed by atoms with van der Waals surface area (Å²) in [6.07, 6.45) is 5.39. The van der Waals surface area contributed by atoms with Gasteiger partial charge in [0.1, 0.15) is 5.75 Å². The van der Waals surface area contributed by atoms with Crippen LogP contribution in [0.3, 0.4) is 0 Å². The summed E-state index contributed by atoms with van der Waals surface area (Å²) < 4.78 is 10.0. The van der Waals surface area contributed by atoms with Gasteiger partial charge in [-0.2, -0.15) is 0 Å². The summed E-state index contributed by atoms with van der Waals surface area (Å²) in [5.74, 6) is 1.64. The van der Waals surface area contributed by atoms with Crippen LogP contribution < -0.4 is 15.4 Å². The van der Waals surface area contributed by atoms with Gasteiger partial charge >= 0.3 is 5.97 Å². The highest BCUT2D eigenvalue weighted by atomic mass is 127. The van der Waals surface area contributed by atoms with E-state index in [2.05, 4.69) is 33.4 Å². The summed E-state index contributed by atoms with van der Waals surface area (Å²) in [6.45, 7) is 4.47. The molecule has 1 rings (SSSR count). The Kier molecular flexibility index (Phi) is 15.7. The van der Waals surface area contributed by atoms with Crippen LogP contribution in [0.15, 0.2) is 29.3 Å². The van der Waals surface area contributed by atoms with E-state index in [0.717, 1.165) is 63.4 Å². The Morgan fingerprint density at radius 3 is 2.52 bits per heavy atom. The number of halogens is 1. The molecule has 0 saturated heterocycles. The van der Waals surface area contributed by atoms with Crippen LogP contribution in [0.2, 0.25) is 0 Å². The zero-order valence-corrected chi connectivity index (χ0v) is 19.1. The van der Waals surface area contributed by atoms with Crippen molar-refractivity contribution in [1.29, 1.82) is 0 Å². The van der Waals surface area contributed by atoms with E-state index in [4.69, 9.17) is 4.74 Å². The number of nitrogens with one attached hydrogen (secondary N) is 2. The van der Waals surface area contributed by atoms with Crippen LogP contribution in [-0.2, 0) is 16.0 Å². The minimum Gasteiger partial charge on any atom is -0.496 e. The monoisotopic (exact) mass is 491 g/mol. The van der Waals surface area contributed by atoms with Crippen LogP contribution in [0, 0.1) is 0 Å². The van der Waals surface area contributed by atoms with Crippen molar-refractivity contribution in [3.05, 3.63) is 29.8 Å². The Morgan fingerprint density at radius 2 is 1.81 bits per heavy atom. The van der Waals surface area contributed by atoms with Gasteiger partial charge in [0.05, 0.1) is 14.2 Å². The molecule has 0 aliphatic rings. The number of para-hydroxylation sites is 1. The number of unbranched alkanes of at least 4 members (excludes halogenated alkanes) is 3. The third-order valence-electron chi connectivity index (χ3n) is 4.01. The second-order valence-electron chi connectivity index (χ2n) is 5.99. The molecule has 0 unspecified atom stereocenters. The number of hydrogen-bond acceptors (Lipinski definition) is 4. The van der Waals surface area contributed by atoms with E-state index in [0.29, 0.717) is 6.42 Å². The van der Waals surface area contributed by atoms with Gasteiger partial charge in [-0.15, -0.1) is 24.0 Å². The number of aliphatic imine (C=N–C) groups is 1. The van der Waals surface area contributed by atoms with E-state index < -0.39 is 0 Å². The highest BCUT2D eigenvalue weighted by Crippen LogP contribution is 2.17. The number of methoxy groups -OCH3 is 2. The van der Waals surface area contributed by atoms with Crippen molar-refractivity contribution >= 4 is 35.9 Å². The number of esters is 1. The van der Waals surface area contributed by atoms with Gasteiger partial charge < -0.3 is 20.1 Å². The van der Waals surface area contributed by atoms with E-state index in [1.54, 1.807) is 7.11 Å². The molecule has 0 radical (unpaired) electrons. The maximum atomic E-state index is 11.0. The molecule has 0 fully saturated rings. The molecule has 0 atom stereocenters. The van der Waals surface area contributed by atoms with Crippen molar-refractivity contribution < 1.29 is 14.3 Å². The van der Waals surface area contributed by atoms with Gasteiger partial charge in [-0.25, -0.2) is 0 Å². The second kappa shape index (κ2) is 16.6. The Balaban J connectivity index is 0.00000676. The van der Waals surface area contributed by atoms with Crippen LogP contribution >= 0.6 is 24.0 Å². The molecule has 6 nitrogen and oxygen atoms in total. The molecule has 1 aromatic rings. The predicted octanol–water partition coefficient (Wildman–Crippen LogP) is 3.53. The molecule has 0 aliphatic heterocycles. The number of hydrogen-bond donors (Lipinski definition) is 2. The molecule has 154 valence electrons. The average molecular weight is 491 g/mol. The summed E-state index contributed by atoms with van der Waals surface area (Å²) in [5.41, 5.74) is 1.18. The van der Waals surface area contributed by atoms with E-state index in [9.17, 15) is 4.79 Å². The van der Waals surface area contributed by atoms with Gasteiger partial charge in [0.15, 0.2) is 5.96 Å². The first-order valence-corrected chi connectivity index (χ1v) is 9.42. The molecule has 0 aliphatic carbocycles. The maximum absolute atomic E-state index is 11.0. The number of carbonyl (C=O) groups excluding carboxylic acids is 1. The SMILES string of the molecule is CCNC(=NCCCCCCC(=O)OC)NCCc1ccccc1OC.I. The number of nitrogens with zero attached hydrogens (tertiary/aromatic N) is 1. The summed E-state index contributed by atoms with van der Waals surface area (Å²) in [5, 5.41) is 6.64. The van der Waals surface area contributed by atoms with Gasteiger partial charge in [0, 0.05) is 26.1 Å². The van der Waals surface area contributed by atoms with E-state index >= 15 is 0 Å². The third-order valence-corrected chi connectivity index (χ3v) is 4.01. The Morgan fingerprint density at radius 1 is 1.07 bits per heavy atom. The number of rotatable bonds is 12. The molecule has 1 aromatic carbocycles. The smallest absolute Gasteiger partial charge is 0.305 e. The van der Waals surface area contributed by atoms with Crippen LogP contribution in [0.1, 0.15) is 44.6 Å². The fourth-order valence-electron chi connectivity index (χ4n) is 2.59. The summed E-state index contributed by atoms with van der Waals surface area (Å²) in [4.78, 5) is 15.6. The normalized spacial score (nSPS) is 10.7. The topological polar surface area (TPSA) is 72.0 Å². The van der Waals surface area contributed by atoms with Gasteiger partial charge in [-0.3, -0.25) is 9.79 Å². The lowest BCUT2D eigenvalue weighted by Gasteiger charge is -2.12. The van der Waals surface area contributed by atoms with Crippen LogP contribution in [0.4, 0.5) is 0 Å². The highest BCUT2D eigenvalue weighted by molar-refractivity contribution is 14.0. The lowest BCUT2D eigenvalue weighted by Crippen LogP contribution is -2.38. The first-order chi connectivity index (χ1) is 12.7. The van der Waals surface area contributed by atoms with Gasteiger partial charge in [-0.05, 0) is 37.8 Å². The third kappa shape index (κ3) is 11.7. The quantitative estimate of drug-likeness (QED) is 0.154. The fourth-order valence-corrected chi connectivity index (χ4v) is 2.59. The Bertz CT molecular complexity index is 553. The number of benzene rings is 1. The molecule has 0 saturated carbocycles. The van der Waals surface area contributed by atoms with Crippen molar-refractivity contribution in [3.8, 4) is 5.75 Å². The number of carbonyl (C=O) groups is 1. The second-order valence-corrected chi connectivity index (χ2v) is 5.99. The van der Waals surface area contributed by atoms with Crippen molar-refractivity contribution in [2.24, 2.45) is 4.99 Å². The standard InChI is InChI=1S/C20H33N3O3.HI/c1-4-21-20(22-15-10-6-5-7-13-19(24)26-3)23-16-14-17-11-8-9-12-18(17)25-2;/h8-9,11-12H,4-7,10,13-16H2,1-3H3,(H2,21,22,23);1H. The molecular weight excluding hydrogens is 457 g/mol. The van der Waals surface area contributed by atoms with Crippen molar-refractivity contribution in [1.82, 2.24) is 10.6 Å². The van der Waals surface area contributed by atoms with Crippen molar-refractivity contribution in [3.63, 3.8) is 0 Å². The highest BCUT2D eigenvalue weighted by Gasteiger charge is 2.03. The van der Waals surface area contributed by atoms with Crippen LogP contribution in [0.25, 0.3) is 0 Å². The molecule has 7 heteroatoms. The van der Waals surface area contributed by atoms with Crippen molar-refractivity contribution in [2.75, 3.05) is 33.9 Å². The van der Waals surface area contributed by atoms with Crippen LogP contribution in [0.5, 0.6) is 5.75 Å². The van der Waals surface area contributed by atoms with Gasteiger partial charge in [0.2, 0.25) is 0 Å². The van der Waals surface area contributed by atoms with E-state index in [-0.39, 0.29) is 29.9 Å². The minimum atomic E-state index is -0.128. The largest absolute Gasteiger partial charge is 0.496 e.